The third-order valence-corrected chi connectivity index (χ3v) is 4.12. The Morgan fingerprint density at radius 1 is 1.29 bits per heavy atom. The molecule has 1 heterocycles. The summed E-state index contributed by atoms with van der Waals surface area (Å²) < 4.78 is 7.07. The maximum atomic E-state index is 5.09. The first kappa shape index (κ1) is 16.0. The number of hydrogen-bond donors (Lipinski definition) is 1. The lowest BCUT2D eigenvalue weighted by atomic mass is 9.90. The van der Waals surface area contributed by atoms with Crippen molar-refractivity contribution in [2.24, 2.45) is 18.9 Å². The molecule has 1 aromatic heterocycles. The van der Waals surface area contributed by atoms with Crippen LogP contribution in [0, 0.1) is 11.8 Å². The van der Waals surface area contributed by atoms with Crippen molar-refractivity contribution in [1.29, 1.82) is 0 Å². The topological polar surface area (TPSA) is 39.1 Å². The average Bonchev–Trinajstić information content (AvgIpc) is 2.79. The summed E-state index contributed by atoms with van der Waals surface area (Å²) in [5.41, 5.74) is 2.42. The van der Waals surface area contributed by atoms with E-state index in [1.54, 1.807) is 7.11 Å². The summed E-state index contributed by atoms with van der Waals surface area (Å²) in [6.45, 7) is 7.24. The van der Waals surface area contributed by atoms with Gasteiger partial charge in [0.05, 0.1) is 17.8 Å². The largest absolute Gasteiger partial charge is 0.383 e. The van der Waals surface area contributed by atoms with Gasteiger partial charge in [-0.15, -0.1) is 0 Å². The van der Waals surface area contributed by atoms with Crippen molar-refractivity contribution in [3.8, 4) is 0 Å². The van der Waals surface area contributed by atoms with Crippen LogP contribution in [0.5, 0.6) is 0 Å². The van der Waals surface area contributed by atoms with E-state index in [0.29, 0.717) is 11.8 Å². The second-order valence-electron chi connectivity index (χ2n) is 5.99. The van der Waals surface area contributed by atoms with Crippen LogP contribution in [0.1, 0.15) is 19.5 Å². The number of aryl methyl sites for hydroxylation is 1. The number of para-hydroxylation sites is 1. The first-order valence-corrected chi connectivity index (χ1v) is 7.73. The minimum Gasteiger partial charge on any atom is -0.383 e. The van der Waals surface area contributed by atoms with Gasteiger partial charge in [0.2, 0.25) is 0 Å². The van der Waals surface area contributed by atoms with Gasteiger partial charge in [-0.25, -0.2) is 0 Å². The minimum absolute atomic E-state index is 0.583. The first-order chi connectivity index (χ1) is 10.1. The fourth-order valence-electron chi connectivity index (χ4n) is 2.69. The molecule has 0 saturated carbocycles. The third kappa shape index (κ3) is 4.05. The molecule has 116 valence electrons. The van der Waals surface area contributed by atoms with E-state index in [9.17, 15) is 0 Å². The molecular formula is C17H27N3O. The van der Waals surface area contributed by atoms with E-state index in [0.717, 1.165) is 26.1 Å². The number of aromatic nitrogens is 2. The molecule has 1 N–H and O–H groups in total. The predicted octanol–water partition coefficient (Wildman–Crippen LogP) is 2.62. The number of nitrogens with zero attached hydrogens (tertiary/aromatic N) is 2. The Kier molecular flexibility index (Phi) is 5.76. The van der Waals surface area contributed by atoms with Crippen molar-refractivity contribution >= 4 is 10.9 Å². The highest BCUT2D eigenvalue weighted by Crippen LogP contribution is 2.23. The molecule has 0 aliphatic carbocycles. The monoisotopic (exact) mass is 289 g/mol. The number of fused-ring (bicyclic) bond motifs is 1. The smallest absolute Gasteiger partial charge is 0.0706 e. The molecule has 0 aliphatic rings. The molecule has 0 fully saturated rings. The number of rotatable bonds is 8. The van der Waals surface area contributed by atoms with E-state index in [1.165, 1.54) is 16.6 Å². The van der Waals surface area contributed by atoms with Gasteiger partial charge in [-0.05, 0) is 30.9 Å². The molecule has 21 heavy (non-hydrogen) atoms. The Morgan fingerprint density at radius 2 is 2.05 bits per heavy atom. The van der Waals surface area contributed by atoms with Crippen LogP contribution in [-0.2, 0) is 18.2 Å². The van der Waals surface area contributed by atoms with Crippen LogP contribution >= 0.6 is 0 Å². The summed E-state index contributed by atoms with van der Waals surface area (Å²) >= 11 is 0. The lowest BCUT2D eigenvalue weighted by molar-refractivity contribution is 0.196. The van der Waals surface area contributed by atoms with Gasteiger partial charge in [0.15, 0.2) is 0 Å². The molecule has 1 aromatic carbocycles. The summed E-state index contributed by atoms with van der Waals surface area (Å²) in [5.74, 6) is 1.21. The van der Waals surface area contributed by atoms with Gasteiger partial charge in [0.25, 0.3) is 0 Å². The van der Waals surface area contributed by atoms with Crippen LogP contribution in [-0.4, -0.2) is 36.6 Å². The summed E-state index contributed by atoms with van der Waals surface area (Å²) in [7, 11) is 3.76. The second-order valence-corrected chi connectivity index (χ2v) is 5.99. The zero-order valence-corrected chi connectivity index (χ0v) is 13.6. The number of nitrogens with one attached hydrogen (secondary N) is 1. The van der Waals surface area contributed by atoms with Gasteiger partial charge < -0.3 is 10.1 Å². The Balaban J connectivity index is 2.08. The van der Waals surface area contributed by atoms with Crippen molar-refractivity contribution < 1.29 is 4.74 Å². The quantitative estimate of drug-likeness (QED) is 0.759. The normalized spacial score (nSPS) is 13.2. The molecule has 0 radical (unpaired) electrons. The van der Waals surface area contributed by atoms with E-state index >= 15 is 0 Å². The Labute approximate surface area is 127 Å². The van der Waals surface area contributed by atoms with Crippen LogP contribution in [0.25, 0.3) is 10.9 Å². The van der Waals surface area contributed by atoms with Gasteiger partial charge in [-0.3, -0.25) is 4.68 Å². The average molecular weight is 289 g/mol. The maximum Gasteiger partial charge on any atom is 0.0706 e. The summed E-state index contributed by atoms with van der Waals surface area (Å²) in [6, 6.07) is 8.47. The first-order valence-electron chi connectivity index (χ1n) is 7.73. The summed E-state index contributed by atoms with van der Waals surface area (Å²) in [4.78, 5) is 0. The number of hydrogen-bond acceptors (Lipinski definition) is 3. The zero-order valence-electron chi connectivity index (χ0n) is 13.6. The van der Waals surface area contributed by atoms with Crippen LogP contribution in [0.2, 0.25) is 0 Å². The highest BCUT2D eigenvalue weighted by molar-refractivity contribution is 5.81. The fraction of sp³-hybridized carbons (Fsp3) is 0.588. The maximum absolute atomic E-state index is 5.09. The Bertz CT molecular complexity index is 562. The van der Waals surface area contributed by atoms with Crippen molar-refractivity contribution in [2.75, 3.05) is 26.8 Å². The predicted molar refractivity (Wildman–Crippen MR) is 87.5 cm³/mol. The minimum atomic E-state index is 0.583. The van der Waals surface area contributed by atoms with E-state index in [4.69, 9.17) is 9.84 Å². The Morgan fingerprint density at radius 3 is 2.76 bits per heavy atom. The van der Waals surface area contributed by atoms with Crippen molar-refractivity contribution in [3.63, 3.8) is 0 Å². The fourth-order valence-corrected chi connectivity index (χ4v) is 2.69. The van der Waals surface area contributed by atoms with Crippen molar-refractivity contribution in [3.05, 3.63) is 30.0 Å². The summed E-state index contributed by atoms with van der Waals surface area (Å²) in [5, 5.41) is 9.48. The molecule has 1 unspecified atom stereocenters. The third-order valence-electron chi connectivity index (χ3n) is 4.12. The standard InChI is InChI=1S/C17H27N3O/c1-13(2)14(12-18-9-10-21-4)11-16-15-7-5-6-8-17(15)20(3)19-16/h5-8,13-14,18H,9-12H2,1-4H3. The molecule has 2 aromatic rings. The zero-order chi connectivity index (χ0) is 15.2. The van der Waals surface area contributed by atoms with Crippen LogP contribution in [0.4, 0.5) is 0 Å². The van der Waals surface area contributed by atoms with Crippen LogP contribution < -0.4 is 5.32 Å². The van der Waals surface area contributed by atoms with Gasteiger partial charge >= 0.3 is 0 Å². The van der Waals surface area contributed by atoms with Crippen molar-refractivity contribution in [2.45, 2.75) is 20.3 Å². The highest BCUT2D eigenvalue weighted by atomic mass is 16.5. The van der Waals surface area contributed by atoms with E-state index in [2.05, 4.69) is 43.4 Å². The van der Waals surface area contributed by atoms with Gasteiger partial charge in [-0.1, -0.05) is 32.0 Å². The highest BCUT2D eigenvalue weighted by Gasteiger charge is 2.17. The number of benzene rings is 1. The summed E-state index contributed by atoms with van der Waals surface area (Å²) in [6.07, 6.45) is 1.01. The molecule has 1 atom stereocenters. The number of ether oxygens (including phenoxy) is 1. The van der Waals surface area contributed by atoms with E-state index in [1.807, 2.05) is 11.7 Å². The lowest BCUT2D eigenvalue weighted by Crippen LogP contribution is -2.30. The van der Waals surface area contributed by atoms with Gasteiger partial charge in [0, 0.05) is 26.1 Å². The van der Waals surface area contributed by atoms with Gasteiger partial charge in [0.1, 0.15) is 0 Å². The van der Waals surface area contributed by atoms with E-state index in [-0.39, 0.29) is 0 Å². The van der Waals surface area contributed by atoms with Crippen molar-refractivity contribution in [1.82, 2.24) is 15.1 Å². The molecule has 0 aliphatic heterocycles. The molecule has 4 nitrogen and oxygen atoms in total. The molecule has 0 bridgehead atoms. The van der Waals surface area contributed by atoms with E-state index < -0.39 is 0 Å². The van der Waals surface area contributed by atoms with Gasteiger partial charge in [-0.2, -0.15) is 5.10 Å². The molecule has 0 amide bonds. The molecule has 0 spiro atoms. The number of methoxy groups -OCH3 is 1. The molecule has 4 heteroatoms. The van der Waals surface area contributed by atoms with Crippen LogP contribution in [0.15, 0.2) is 24.3 Å². The Hall–Kier alpha value is -1.39. The lowest BCUT2D eigenvalue weighted by Gasteiger charge is -2.20. The molecular weight excluding hydrogens is 262 g/mol. The molecule has 0 saturated heterocycles. The SMILES string of the molecule is COCCNCC(Cc1nn(C)c2ccccc12)C(C)C. The second kappa shape index (κ2) is 7.57. The van der Waals surface area contributed by atoms with Crippen LogP contribution in [0.3, 0.4) is 0 Å². The molecule has 2 rings (SSSR count).